The monoisotopic (exact) mass is 230 g/mol. The van der Waals surface area contributed by atoms with Gasteiger partial charge in [0.15, 0.2) is 0 Å². The highest BCUT2D eigenvalue weighted by Crippen LogP contribution is 2.24. The summed E-state index contributed by atoms with van der Waals surface area (Å²) < 4.78 is 5.46. The van der Waals surface area contributed by atoms with Crippen LogP contribution in [0.15, 0.2) is 42.5 Å². The Balaban J connectivity index is 2.28. The fraction of sp³-hybridized carbons (Fsp3) is 0.333. The van der Waals surface area contributed by atoms with E-state index in [9.17, 15) is 5.11 Å². The van der Waals surface area contributed by atoms with Crippen LogP contribution in [0.4, 0.5) is 0 Å². The van der Waals surface area contributed by atoms with E-state index in [1.807, 2.05) is 44.2 Å². The molecule has 0 saturated carbocycles. The maximum absolute atomic E-state index is 10.1. The van der Waals surface area contributed by atoms with Crippen molar-refractivity contribution in [3.63, 3.8) is 0 Å². The van der Waals surface area contributed by atoms with E-state index < -0.39 is 6.10 Å². The number of rotatable bonds is 4. The van der Waals surface area contributed by atoms with Crippen LogP contribution in [0.3, 0.4) is 0 Å². The molecular formula is C15H18O2. The van der Waals surface area contributed by atoms with Crippen LogP contribution in [0.1, 0.15) is 25.5 Å². The van der Waals surface area contributed by atoms with E-state index in [0.29, 0.717) is 6.61 Å². The van der Waals surface area contributed by atoms with Crippen LogP contribution in [0.2, 0.25) is 0 Å². The molecule has 0 amide bonds. The maximum Gasteiger partial charge on any atom is 0.103 e. The van der Waals surface area contributed by atoms with E-state index in [-0.39, 0.29) is 6.10 Å². The zero-order valence-corrected chi connectivity index (χ0v) is 10.3. The Morgan fingerprint density at radius 3 is 2.53 bits per heavy atom. The number of ether oxygens (including phenoxy) is 1. The summed E-state index contributed by atoms with van der Waals surface area (Å²) in [5.41, 5.74) is 0.934. The molecule has 0 spiro atoms. The predicted molar refractivity (Wildman–Crippen MR) is 70.0 cm³/mol. The summed E-state index contributed by atoms with van der Waals surface area (Å²) in [7, 11) is 0. The molecule has 0 aliphatic carbocycles. The van der Waals surface area contributed by atoms with Crippen molar-refractivity contribution in [1.29, 1.82) is 0 Å². The van der Waals surface area contributed by atoms with Gasteiger partial charge in [-0.2, -0.15) is 0 Å². The standard InChI is InChI=1S/C15H18O2/c1-11(2)17-10-15(16)14-9-5-7-12-6-3-4-8-13(12)14/h3-9,11,15-16H,10H2,1-2H3. The lowest BCUT2D eigenvalue weighted by molar-refractivity contribution is 0.00549. The average molecular weight is 230 g/mol. The Morgan fingerprint density at radius 1 is 1.06 bits per heavy atom. The zero-order chi connectivity index (χ0) is 12.3. The van der Waals surface area contributed by atoms with Crippen molar-refractivity contribution in [1.82, 2.24) is 0 Å². The van der Waals surface area contributed by atoms with E-state index in [2.05, 4.69) is 12.1 Å². The fourth-order valence-electron chi connectivity index (χ4n) is 1.91. The van der Waals surface area contributed by atoms with Gasteiger partial charge in [-0.05, 0) is 30.2 Å². The van der Waals surface area contributed by atoms with Crippen molar-refractivity contribution < 1.29 is 9.84 Å². The fourth-order valence-corrected chi connectivity index (χ4v) is 1.91. The highest BCUT2D eigenvalue weighted by atomic mass is 16.5. The maximum atomic E-state index is 10.1. The second-order valence-electron chi connectivity index (χ2n) is 4.47. The lowest BCUT2D eigenvalue weighted by Gasteiger charge is -2.15. The summed E-state index contributed by atoms with van der Waals surface area (Å²) in [6.45, 7) is 4.28. The summed E-state index contributed by atoms with van der Waals surface area (Å²) >= 11 is 0. The van der Waals surface area contributed by atoms with Crippen LogP contribution in [0.5, 0.6) is 0 Å². The molecule has 2 rings (SSSR count). The van der Waals surface area contributed by atoms with Crippen LogP contribution >= 0.6 is 0 Å². The van der Waals surface area contributed by atoms with Gasteiger partial charge >= 0.3 is 0 Å². The Labute approximate surface area is 102 Å². The lowest BCUT2D eigenvalue weighted by Crippen LogP contribution is -2.12. The minimum absolute atomic E-state index is 0.139. The van der Waals surface area contributed by atoms with Crippen LogP contribution in [-0.4, -0.2) is 17.8 Å². The van der Waals surface area contributed by atoms with Crippen molar-refractivity contribution in [2.24, 2.45) is 0 Å². The summed E-state index contributed by atoms with van der Waals surface area (Å²) in [5.74, 6) is 0. The summed E-state index contributed by atoms with van der Waals surface area (Å²) in [5, 5.41) is 12.4. The van der Waals surface area contributed by atoms with E-state index in [1.165, 1.54) is 0 Å². The van der Waals surface area contributed by atoms with Crippen molar-refractivity contribution in [2.75, 3.05) is 6.61 Å². The number of aliphatic hydroxyl groups excluding tert-OH is 1. The summed E-state index contributed by atoms with van der Waals surface area (Å²) in [4.78, 5) is 0. The minimum Gasteiger partial charge on any atom is -0.386 e. The molecule has 1 N–H and O–H groups in total. The van der Waals surface area contributed by atoms with E-state index in [4.69, 9.17) is 4.74 Å². The van der Waals surface area contributed by atoms with Crippen LogP contribution < -0.4 is 0 Å². The molecule has 90 valence electrons. The van der Waals surface area contributed by atoms with Crippen molar-refractivity contribution in [3.8, 4) is 0 Å². The summed E-state index contributed by atoms with van der Waals surface area (Å²) in [6.07, 6.45) is -0.428. The molecule has 0 aliphatic heterocycles. The molecule has 2 aromatic carbocycles. The second kappa shape index (κ2) is 5.30. The third-order valence-corrected chi connectivity index (χ3v) is 2.77. The van der Waals surface area contributed by atoms with Gasteiger partial charge < -0.3 is 9.84 Å². The highest BCUT2D eigenvalue weighted by Gasteiger charge is 2.11. The lowest BCUT2D eigenvalue weighted by atomic mass is 10.0. The Kier molecular flexibility index (Phi) is 3.77. The average Bonchev–Trinajstić information content (AvgIpc) is 2.35. The number of aliphatic hydroxyl groups is 1. The number of hydrogen-bond donors (Lipinski definition) is 1. The van der Waals surface area contributed by atoms with Gasteiger partial charge in [0.05, 0.1) is 12.7 Å². The molecule has 0 heterocycles. The van der Waals surface area contributed by atoms with Crippen molar-refractivity contribution in [3.05, 3.63) is 48.0 Å². The molecular weight excluding hydrogens is 212 g/mol. The van der Waals surface area contributed by atoms with Crippen molar-refractivity contribution in [2.45, 2.75) is 26.1 Å². The number of fused-ring (bicyclic) bond motifs is 1. The predicted octanol–water partition coefficient (Wildman–Crippen LogP) is 3.30. The Hall–Kier alpha value is -1.38. The van der Waals surface area contributed by atoms with Gasteiger partial charge in [0.2, 0.25) is 0 Å². The number of hydrogen-bond acceptors (Lipinski definition) is 2. The number of benzene rings is 2. The van der Waals surface area contributed by atoms with Crippen LogP contribution in [0.25, 0.3) is 10.8 Å². The largest absolute Gasteiger partial charge is 0.386 e. The first-order valence-corrected chi connectivity index (χ1v) is 5.96. The SMILES string of the molecule is CC(C)OCC(O)c1cccc2ccccc12. The second-order valence-corrected chi connectivity index (χ2v) is 4.47. The quantitative estimate of drug-likeness (QED) is 0.873. The van der Waals surface area contributed by atoms with Gasteiger partial charge in [-0.3, -0.25) is 0 Å². The van der Waals surface area contributed by atoms with Crippen LogP contribution in [-0.2, 0) is 4.74 Å². The molecule has 2 heteroatoms. The molecule has 0 fully saturated rings. The molecule has 17 heavy (non-hydrogen) atoms. The minimum atomic E-state index is -0.566. The third kappa shape index (κ3) is 2.84. The van der Waals surface area contributed by atoms with Crippen molar-refractivity contribution >= 4 is 10.8 Å². The van der Waals surface area contributed by atoms with E-state index in [1.54, 1.807) is 0 Å². The molecule has 0 bridgehead atoms. The summed E-state index contributed by atoms with van der Waals surface area (Å²) in [6, 6.07) is 14.0. The third-order valence-electron chi connectivity index (χ3n) is 2.77. The Bertz CT molecular complexity index is 486. The van der Waals surface area contributed by atoms with Gasteiger partial charge in [-0.1, -0.05) is 42.5 Å². The molecule has 0 saturated heterocycles. The van der Waals surface area contributed by atoms with Gasteiger partial charge in [-0.15, -0.1) is 0 Å². The van der Waals surface area contributed by atoms with Gasteiger partial charge in [0, 0.05) is 0 Å². The molecule has 2 aromatic rings. The molecule has 1 atom stereocenters. The van der Waals surface area contributed by atoms with Gasteiger partial charge in [0.1, 0.15) is 6.10 Å². The first kappa shape index (κ1) is 12.1. The van der Waals surface area contributed by atoms with E-state index >= 15 is 0 Å². The van der Waals surface area contributed by atoms with Gasteiger partial charge in [-0.25, -0.2) is 0 Å². The normalized spacial score (nSPS) is 13.2. The van der Waals surface area contributed by atoms with Gasteiger partial charge in [0.25, 0.3) is 0 Å². The molecule has 0 aliphatic rings. The smallest absolute Gasteiger partial charge is 0.103 e. The molecule has 0 radical (unpaired) electrons. The molecule has 2 nitrogen and oxygen atoms in total. The van der Waals surface area contributed by atoms with E-state index in [0.717, 1.165) is 16.3 Å². The molecule has 1 unspecified atom stereocenters. The van der Waals surface area contributed by atoms with Crippen LogP contribution in [0, 0.1) is 0 Å². The first-order chi connectivity index (χ1) is 8.18. The topological polar surface area (TPSA) is 29.5 Å². The zero-order valence-electron chi connectivity index (χ0n) is 10.3. The molecule has 0 aromatic heterocycles. The first-order valence-electron chi connectivity index (χ1n) is 5.96. The Morgan fingerprint density at radius 2 is 1.76 bits per heavy atom. The highest BCUT2D eigenvalue weighted by molar-refractivity contribution is 5.85.